The topological polar surface area (TPSA) is 321 Å². The molecule has 0 bridgehead atoms. The second-order valence-corrected chi connectivity index (χ2v) is 11.2. The van der Waals surface area contributed by atoms with Gasteiger partial charge in [0, 0.05) is 25.2 Å². The SMILES string of the molecule is N[C@@H]1[C@@H](O)[C@@H](O[C@H]2[C@H](NC(CO)CO)C[C@H](N)C(O[C@H]3O[C@H](CNCC(O)CO)[C@@H](O)C[C@H]3N)[C@@H]2O)O[C@H](CO)[C@H]1O. The number of nitrogens with two attached hydrogens (primary N) is 3. The van der Waals surface area contributed by atoms with E-state index in [1.54, 1.807) is 0 Å². The fourth-order valence-corrected chi connectivity index (χ4v) is 5.44. The van der Waals surface area contributed by atoms with Gasteiger partial charge in [-0.15, -0.1) is 0 Å². The van der Waals surface area contributed by atoms with Gasteiger partial charge in [0.05, 0.1) is 62.9 Å². The maximum absolute atomic E-state index is 11.5. The monoisotopic (exact) mass is 615 g/mol. The molecule has 0 aromatic carbocycles. The molecule has 2 saturated heterocycles. The quantitative estimate of drug-likeness (QED) is 0.0862. The summed E-state index contributed by atoms with van der Waals surface area (Å²) >= 11 is 0. The Bertz CT molecular complexity index is 789. The largest absolute Gasteiger partial charge is 0.395 e. The van der Waals surface area contributed by atoms with Crippen molar-refractivity contribution < 1.29 is 64.9 Å². The zero-order valence-electron chi connectivity index (χ0n) is 23.3. The van der Waals surface area contributed by atoms with Crippen molar-refractivity contribution in [1.82, 2.24) is 10.6 Å². The molecule has 3 aliphatic rings. The predicted octanol–water partition coefficient (Wildman–Crippen LogP) is -8.33. The second-order valence-electron chi connectivity index (χ2n) is 11.2. The van der Waals surface area contributed by atoms with Crippen molar-refractivity contribution in [3.8, 4) is 0 Å². The molecule has 0 amide bonds. The lowest BCUT2D eigenvalue weighted by molar-refractivity contribution is -0.316. The molecule has 18 nitrogen and oxygen atoms in total. The van der Waals surface area contributed by atoms with Crippen molar-refractivity contribution in [2.45, 2.75) is 111 Å². The Labute approximate surface area is 243 Å². The number of aliphatic hydroxyl groups excluding tert-OH is 9. The average Bonchev–Trinajstić information content (AvgIpc) is 2.97. The van der Waals surface area contributed by atoms with Gasteiger partial charge in [-0.3, -0.25) is 0 Å². The lowest BCUT2D eigenvalue weighted by Gasteiger charge is -2.49. The highest BCUT2D eigenvalue weighted by molar-refractivity contribution is 5.03. The number of nitrogens with one attached hydrogen (secondary N) is 2. The summed E-state index contributed by atoms with van der Waals surface area (Å²) in [7, 11) is 0. The Kier molecular flexibility index (Phi) is 14.1. The van der Waals surface area contributed by atoms with E-state index in [1.807, 2.05) is 0 Å². The van der Waals surface area contributed by atoms with E-state index in [0.717, 1.165) is 0 Å². The van der Waals surface area contributed by atoms with Crippen LogP contribution < -0.4 is 27.8 Å². The molecule has 3 fully saturated rings. The average molecular weight is 616 g/mol. The Morgan fingerprint density at radius 2 is 1.40 bits per heavy atom. The molecular weight excluding hydrogens is 566 g/mol. The van der Waals surface area contributed by atoms with Crippen LogP contribution in [0.15, 0.2) is 0 Å². The Morgan fingerprint density at radius 1 is 0.762 bits per heavy atom. The predicted molar refractivity (Wildman–Crippen MR) is 142 cm³/mol. The minimum Gasteiger partial charge on any atom is -0.395 e. The molecule has 2 heterocycles. The maximum atomic E-state index is 11.5. The molecule has 17 N–H and O–H groups in total. The number of hydrogen-bond acceptors (Lipinski definition) is 18. The molecule has 15 atom stereocenters. The van der Waals surface area contributed by atoms with Gasteiger partial charge in [0.25, 0.3) is 0 Å². The van der Waals surface area contributed by atoms with Crippen LogP contribution in [0.5, 0.6) is 0 Å². The van der Waals surface area contributed by atoms with Crippen LogP contribution >= 0.6 is 0 Å². The van der Waals surface area contributed by atoms with E-state index >= 15 is 0 Å². The fourth-order valence-electron chi connectivity index (χ4n) is 5.44. The molecule has 0 aromatic heterocycles. The Hall–Kier alpha value is -0.720. The van der Waals surface area contributed by atoms with Crippen LogP contribution in [0.4, 0.5) is 0 Å². The molecule has 3 rings (SSSR count). The zero-order valence-corrected chi connectivity index (χ0v) is 23.3. The van der Waals surface area contributed by atoms with Crippen molar-refractivity contribution >= 4 is 0 Å². The van der Waals surface area contributed by atoms with E-state index < -0.39 is 124 Å². The van der Waals surface area contributed by atoms with Gasteiger partial charge >= 0.3 is 0 Å². The van der Waals surface area contributed by atoms with Crippen molar-refractivity contribution in [3.63, 3.8) is 0 Å². The van der Waals surface area contributed by atoms with Gasteiger partial charge in [0.2, 0.25) is 0 Å². The van der Waals surface area contributed by atoms with E-state index in [2.05, 4.69) is 10.6 Å². The van der Waals surface area contributed by atoms with Crippen LogP contribution in [0.1, 0.15) is 12.8 Å². The van der Waals surface area contributed by atoms with Gasteiger partial charge in [0.1, 0.15) is 36.6 Å². The van der Waals surface area contributed by atoms with Gasteiger partial charge in [-0.1, -0.05) is 0 Å². The molecule has 18 heteroatoms. The third kappa shape index (κ3) is 8.71. The van der Waals surface area contributed by atoms with Gasteiger partial charge in [0.15, 0.2) is 12.6 Å². The van der Waals surface area contributed by atoms with Crippen LogP contribution in [0.3, 0.4) is 0 Å². The van der Waals surface area contributed by atoms with Crippen molar-refractivity contribution in [3.05, 3.63) is 0 Å². The van der Waals surface area contributed by atoms with Gasteiger partial charge in [-0.2, -0.15) is 0 Å². The molecule has 0 radical (unpaired) electrons. The van der Waals surface area contributed by atoms with Crippen LogP contribution in [0.25, 0.3) is 0 Å². The second kappa shape index (κ2) is 16.5. The number of rotatable bonds is 14. The molecule has 248 valence electrons. The molecule has 42 heavy (non-hydrogen) atoms. The Morgan fingerprint density at radius 3 is 2.02 bits per heavy atom. The summed E-state index contributed by atoms with van der Waals surface area (Å²) in [5, 5.41) is 96.0. The molecule has 1 aliphatic carbocycles. The summed E-state index contributed by atoms with van der Waals surface area (Å²) < 4.78 is 23.4. The summed E-state index contributed by atoms with van der Waals surface area (Å²) in [4.78, 5) is 0. The minimum absolute atomic E-state index is 0.0515. The van der Waals surface area contributed by atoms with E-state index in [0.29, 0.717) is 0 Å². The summed E-state index contributed by atoms with van der Waals surface area (Å²) in [6.07, 6.45) is -13.2. The van der Waals surface area contributed by atoms with E-state index in [4.69, 9.17) is 41.3 Å². The lowest BCUT2D eigenvalue weighted by atomic mass is 9.83. The number of hydrogen-bond donors (Lipinski definition) is 14. The van der Waals surface area contributed by atoms with Gasteiger partial charge in [-0.05, 0) is 12.8 Å². The number of aliphatic hydroxyl groups is 9. The first kappa shape index (κ1) is 35.8. The van der Waals surface area contributed by atoms with Crippen molar-refractivity contribution in [2.75, 3.05) is 39.5 Å². The third-order valence-corrected chi connectivity index (χ3v) is 7.97. The normalized spacial score (nSPS) is 43.9. The van der Waals surface area contributed by atoms with Crippen LogP contribution in [-0.2, 0) is 18.9 Å². The molecule has 2 unspecified atom stereocenters. The van der Waals surface area contributed by atoms with E-state index in [1.165, 1.54) is 0 Å². The highest BCUT2D eigenvalue weighted by atomic mass is 16.7. The van der Waals surface area contributed by atoms with E-state index in [-0.39, 0.29) is 25.9 Å². The molecule has 0 aromatic rings. The first-order chi connectivity index (χ1) is 19.9. The standard InChI is InChI=1S/C24H49N5O13/c25-11-1-13(29-9(5-30)6-31)22(42-24-19(37)17(27)18(36)16(8-33)40-24)20(38)21(11)41-23-12(26)2-14(35)15(39-23)4-28-3-10(34)7-32/h9-24,28-38H,1-8,25-27H2/t10?,11-,12+,13+,14-,15+,16+,17-,18+,19+,20-,21?,22-,23+,24+/m0/s1. The highest BCUT2D eigenvalue weighted by Gasteiger charge is 2.51. The summed E-state index contributed by atoms with van der Waals surface area (Å²) in [6.45, 7) is -1.82. The fraction of sp³-hybridized carbons (Fsp3) is 1.00. The smallest absolute Gasteiger partial charge is 0.186 e. The van der Waals surface area contributed by atoms with E-state index in [9.17, 15) is 40.9 Å². The molecule has 2 aliphatic heterocycles. The summed E-state index contributed by atoms with van der Waals surface area (Å²) in [5.74, 6) is 0. The maximum Gasteiger partial charge on any atom is 0.186 e. The highest BCUT2D eigenvalue weighted by Crippen LogP contribution is 2.31. The molecule has 0 spiro atoms. The van der Waals surface area contributed by atoms with Gasteiger partial charge < -0.3 is 92.7 Å². The van der Waals surface area contributed by atoms with Crippen molar-refractivity contribution in [1.29, 1.82) is 0 Å². The first-order valence-corrected chi connectivity index (χ1v) is 14.1. The molecule has 1 saturated carbocycles. The minimum atomic E-state index is -1.55. The summed E-state index contributed by atoms with van der Waals surface area (Å²) in [5.41, 5.74) is 18.5. The number of ether oxygens (including phenoxy) is 4. The van der Waals surface area contributed by atoms with Crippen LogP contribution in [0.2, 0.25) is 0 Å². The first-order valence-electron chi connectivity index (χ1n) is 14.1. The Balaban J connectivity index is 1.76. The lowest BCUT2D eigenvalue weighted by Crippen LogP contribution is -2.69. The summed E-state index contributed by atoms with van der Waals surface area (Å²) in [6, 6.07) is -4.51. The van der Waals surface area contributed by atoms with Crippen LogP contribution in [0, 0.1) is 0 Å². The third-order valence-electron chi connectivity index (χ3n) is 7.97. The van der Waals surface area contributed by atoms with Crippen molar-refractivity contribution in [2.24, 2.45) is 17.2 Å². The van der Waals surface area contributed by atoms with Crippen LogP contribution in [-0.4, -0.2) is 183 Å². The van der Waals surface area contributed by atoms with Gasteiger partial charge in [-0.25, -0.2) is 0 Å². The zero-order chi connectivity index (χ0) is 31.1. The molecular formula is C24H49N5O13.